The number of carbonyl (C=O) groups is 1. The summed E-state index contributed by atoms with van der Waals surface area (Å²) in [7, 11) is 3.33. The number of fused-ring (bicyclic) bond motifs is 1. The highest BCUT2D eigenvalue weighted by molar-refractivity contribution is 6.17. The highest BCUT2D eigenvalue weighted by Crippen LogP contribution is 2.24. The number of nitrogens with one attached hydrogen (secondary N) is 1. The van der Waals surface area contributed by atoms with Crippen LogP contribution >= 0.6 is 11.6 Å². The molecule has 0 fully saturated rings. The van der Waals surface area contributed by atoms with E-state index in [2.05, 4.69) is 22.9 Å². The van der Waals surface area contributed by atoms with E-state index < -0.39 is 0 Å². The molecule has 0 saturated heterocycles. The molecule has 1 aromatic carbocycles. The summed E-state index contributed by atoms with van der Waals surface area (Å²) < 4.78 is 12.2. The molecule has 0 atom stereocenters. The van der Waals surface area contributed by atoms with E-state index in [9.17, 15) is 10.1 Å². The van der Waals surface area contributed by atoms with Crippen LogP contribution in [0.25, 0.3) is 23.4 Å². The van der Waals surface area contributed by atoms with E-state index in [1.165, 1.54) is 0 Å². The molecule has 31 heavy (non-hydrogen) atoms. The van der Waals surface area contributed by atoms with E-state index in [0.717, 1.165) is 47.2 Å². The van der Waals surface area contributed by atoms with Gasteiger partial charge in [-0.05, 0) is 37.6 Å². The fourth-order valence-corrected chi connectivity index (χ4v) is 3.51. The van der Waals surface area contributed by atoms with Gasteiger partial charge in [0.05, 0.1) is 24.1 Å². The number of rotatable bonds is 8. The molecule has 3 rings (SSSR count). The number of methoxy groups -OCH3 is 2. The number of allylic oxidation sites excluding steroid dienone is 2. The summed E-state index contributed by atoms with van der Waals surface area (Å²) in [6.07, 6.45) is 8.24. The molecule has 1 N–H and O–H groups in total. The summed E-state index contributed by atoms with van der Waals surface area (Å²) in [6.45, 7) is 3.56. The quantitative estimate of drug-likeness (QED) is 0.387. The predicted molar refractivity (Wildman–Crippen MR) is 125 cm³/mol. The van der Waals surface area contributed by atoms with Crippen molar-refractivity contribution in [3.63, 3.8) is 0 Å². The van der Waals surface area contributed by atoms with Crippen molar-refractivity contribution in [1.82, 2.24) is 4.57 Å². The first-order valence-corrected chi connectivity index (χ1v) is 10.6. The molecule has 0 unspecified atom stereocenters. The average Bonchev–Trinajstić information content (AvgIpc) is 2.95. The lowest BCUT2D eigenvalue weighted by Crippen LogP contribution is -2.29. The number of aromatic nitrogens is 1. The predicted octanol–water partition coefficient (Wildman–Crippen LogP) is 3.37. The second-order valence-electron chi connectivity index (χ2n) is 6.67. The Morgan fingerprint density at radius 1 is 1.32 bits per heavy atom. The number of hydrogen-bond acceptors (Lipinski definition) is 4. The normalized spacial score (nSPS) is 11.9. The lowest BCUT2D eigenvalue weighted by atomic mass is 10.1. The number of carbonyl (C=O) groups excluding carboxylic acids is 1. The van der Waals surface area contributed by atoms with Crippen LogP contribution in [0.3, 0.4) is 0 Å². The van der Waals surface area contributed by atoms with Gasteiger partial charge in [0, 0.05) is 54.4 Å². The van der Waals surface area contributed by atoms with Gasteiger partial charge in [-0.25, -0.2) is 0 Å². The molecule has 1 aliphatic rings. The van der Waals surface area contributed by atoms with Gasteiger partial charge in [0.1, 0.15) is 6.07 Å². The van der Waals surface area contributed by atoms with E-state index in [-0.39, 0.29) is 0 Å². The van der Waals surface area contributed by atoms with E-state index >= 15 is 0 Å². The standard InChI is InChI=1S/C20H19N3O2.C4H9ClO/c1-3-23-19-10-8-16(25-2)7-9-17(19)18(12-21)20(23)14-5-4-6-15(11-14)22-13-24;1-6-4-2-3-5/h4-6,8-11,13H,3,7H2,1-2H3,(H,22,24);2-4H2,1H3. The number of anilines is 1. The van der Waals surface area contributed by atoms with Crippen molar-refractivity contribution in [1.29, 1.82) is 5.26 Å². The molecule has 0 saturated carbocycles. The number of halogens is 1. The average molecular weight is 442 g/mol. The van der Waals surface area contributed by atoms with Crippen LogP contribution in [0, 0.1) is 11.3 Å². The van der Waals surface area contributed by atoms with Crippen LogP contribution in [-0.2, 0) is 20.8 Å². The third-order valence-corrected chi connectivity index (χ3v) is 5.08. The second-order valence-corrected chi connectivity index (χ2v) is 7.05. The van der Waals surface area contributed by atoms with E-state index in [1.54, 1.807) is 14.2 Å². The number of nitriles is 1. The van der Waals surface area contributed by atoms with Gasteiger partial charge in [0.15, 0.2) is 0 Å². The molecule has 164 valence electrons. The number of amides is 1. The van der Waals surface area contributed by atoms with Crippen molar-refractivity contribution in [2.24, 2.45) is 0 Å². The first kappa shape index (κ1) is 24.3. The van der Waals surface area contributed by atoms with Crippen molar-refractivity contribution in [2.75, 3.05) is 32.0 Å². The summed E-state index contributed by atoms with van der Waals surface area (Å²) >= 11 is 5.30. The van der Waals surface area contributed by atoms with Crippen LogP contribution in [-0.4, -0.2) is 37.7 Å². The van der Waals surface area contributed by atoms with E-state index in [0.29, 0.717) is 30.0 Å². The van der Waals surface area contributed by atoms with Gasteiger partial charge in [-0.15, -0.1) is 11.6 Å². The molecule has 7 heteroatoms. The summed E-state index contributed by atoms with van der Waals surface area (Å²) in [5.41, 5.74) is 3.11. The van der Waals surface area contributed by atoms with E-state index in [4.69, 9.17) is 21.1 Å². The lowest BCUT2D eigenvalue weighted by molar-refractivity contribution is -0.105. The monoisotopic (exact) mass is 441 g/mol. The molecule has 0 aliphatic heterocycles. The van der Waals surface area contributed by atoms with E-state index in [1.807, 2.05) is 42.5 Å². The van der Waals surface area contributed by atoms with Gasteiger partial charge in [-0.1, -0.05) is 18.2 Å². The van der Waals surface area contributed by atoms with Crippen molar-refractivity contribution in [3.05, 3.63) is 52.2 Å². The maximum absolute atomic E-state index is 10.7. The summed E-state index contributed by atoms with van der Waals surface area (Å²) in [4.78, 5) is 10.7. The second kappa shape index (κ2) is 12.6. The fraction of sp³-hybridized carbons (Fsp3) is 0.333. The number of benzene rings is 1. The maximum atomic E-state index is 10.7. The summed E-state index contributed by atoms with van der Waals surface area (Å²) in [6, 6.07) is 9.89. The number of hydrogen-bond donors (Lipinski definition) is 1. The fourth-order valence-electron chi connectivity index (χ4n) is 3.40. The smallest absolute Gasteiger partial charge is 0.211 e. The molecule has 0 spiro atoms. The Balaban J connectivity index is 0.000000501. The Hall–Kier alpha value is -3.01. The first-order chi connectivity index (χ1) is 15.1. The van der Waals surface area contributed by atoms with Gasteiger partial charge >= 0.3 is 0 Å². The molecular formula is C24H28ClN3O3. The highest BCUT2D eigenvalue weighted by atomic mass is 35.5. The van der Waals surface area contributed by atoms with Gasteiger partial charge in [0.2, 0.25) is 6.41 Å². The minimum atomic E-state index is 0.641. The Morgan fingerprint density at radius 3 is 2.71 bits per heavy atom. The molecule has 1 heterocycles. The third-order valence-electron chi connectivity index (χ3n) is 4.81. The Bertz CT molecular complexity index is 1080. The van der Waals surface area contributed by atoms with Crippen molar-refractivity contribution < 1.29 is 14.3 Å². The largest absolute Gasteiger partial charge is 0.501 e. The lowest BCUT2D eigenvalue weighted by Gasteiger charge is -2.09. The van der Waals surface area contributed by atoms with Gasteiger partial charge in [0.25, 0.3) is 0 Å². The molecule has 1 aromatic heterocycles. The van der Waals surface area contributed by atoms with Crippen LogP contribution in [0.15, 0.2) is 36.1 Å². The minimum Gasteiger partial charge on any atom is -0.501 e. The Labute approximate surface area is 188 Å². The number of alkyl halides is 1. The molecule has 2 aromatic rings. The molecule has 1 amide bonds. The van der Waals surface area contributed by atoms with Crippen LogP contribution in [0.4, 0.5) is 5.69 Å². The van der Waals surface area contributed by atoms with Crippen LogP contribution in [0.5, 0.6) is 0 Å². The number of ether oxygens (including phenoxy) is 2. The zero-order chi connectivity index (χ0) is 22.6. The Kier molecular flexibility index (Phi) is 9.89. The highest BCUT2D eigenvalue weighted by Gasteiger charge is 2.17. The van der Waals surface area contributed by atoms with Gasteiger partial charge in [-0.2, -0.15) is 5.26 Å². The molecular weight excluding hydrogens is 414 g/mol. The minimum absolute atomic E-state index is 0.641. The van der Waals surface area contributed by atoms with Crippen molar-refractivity contribution in [3.8, 4) is 17.3 Å². The molecule has 1 aliphatic carbocycles. The van der Waals surface area contributed by atoms with Crippen molar-refractivity contribution in [2.45, 2.75) is 26.3 Å². The summed E-state index contributed by atoms with van der Waals surface area (Å²) in [5, 5.41) is 14.4. The molecule has 0 bridgehead atoms. The molecule has 0 radical (unpaired) electrons. The van der Waals surface area contributed by atoms with Gasteiger partial charge in [-0.3, -0.25) is 4.79 Å². The SMILES string of the molecule is CCn1c(-c2cccc(NC=O)c2)c(C#N)c2c1=CC=C(OC)CC=2.COCCCCl. The van der Waals surface area contributed by atoms with Crippen LogP contribution in [0.2, 0.25) is 0 Å². The van der Waals surface area contributed by atoms with Crippen molar-refractivity contribution >= 4 is 35.9 Å². The first-order valence-electron chi connectivity index (χ1n) is 10.1. The summed E-state index contributed by atoms with van der Waals surface area (Å²) in [5.74, 6) is 1.56. The maximum Gasteiger partial charge on any atom is 0.211 e. The topological polar surface area (TPSA) is 76.3 Å². The Morgan fingerprint density at radius 2 is 2.13 bits per heavy atom. The third kappa shape index (κ3) is 6.00. The van der Waals surface area contributed by atoms with Gasteiger partial charge < -0.3 is 19.4 Å². The molecule has 6 nitrogen and oxygen atoms in total. The van der Waals surface area contributed by atoms with Crippen LogP contribution < -0.4 is 15.9 Å². The van der Waals surface area contributed by atoms with Crippen LogP contribution in [0.1, 0.15) is 25.3 Å². The zero-order valence-electron chi connectivity index (χ0n) is 18.2. The number of nitrogens with zero attached hydrogens (tertiary/aromatic N) is 2. The zero-order valence-corrected chi connectivity index (χ0v) is 18.9.